The second-order valence-electron chi connectivity index (χ2n) is 1.09. The van der Waals surface area contributed by atoms with E-state index < -0.39 is 0 Å². The van der Waals surface area contributed by atoms with Crippen molar-refractivity contribution < 1.29 is 0 Å². The van der Waals surface area contributed by atoms with E-state index in [-0.39, 0.29) is 22.3 Å². The number of hydrogen-bond donors (Lipinski definition) is 0. The van der Waals surface area contributed by atoms with Crippen molar-refractivity contribution in [2.75, 3.05) is 0 Å². The fraction of sp³-hybridized carbons (Fsp3) is 0.556. The largest absolute Gasteiger partial charge is 0.103 e. The summed E-state index contributed by atoms with van der Waals surface area (Å²) in [5, 5.41) is 0. The fourth-order valence-electron chi connectivity index (χ4n) is 0.232. The molecule has 0 aliphatic carbocycles. The fourth-order valence-corrected chi connectivity index (χ4v) is 0.232. The maximum Gasteiger partial charge on any atom is -0.0172 e. The molecular weight excluding hydrogens is 108 g/mol. The van der Waals surface area contributed by atoms with E-state index in [0.29, 0.717) is 0 Å². The highest BCUT2D eigenvalue weighted by Crippen LogP contribution is 1.78. The van der Waals surface area contributed by atoms with Crippen LogP contribution in [0.25, 0.3) is 0 Å². The predicted molar refractivity (Wildman–Crippen MR) is 49.8 cm³/mol. The van der Waals surface area contributed by atoms with E-state index in [1.165, 1.54) is 0 Å². The first-order valence-electron chi connectivity index (χ1n) is 2.14. The smallest absolute Gasteiger partial charge is 0.0172 e. The highest BCUT2D eigenvalue weighted by molar-refractivity contribution is 4.85. The van der Waals surface area contributed by atoms with Crippen LogP contribution in [0.5, 0.6) is 0 Å². The summed E-state index contributed by atoms with van der Waals surface area (Å²) in [4.78, 5) is 0. The Morgan fingerprint density at radius 1 is 1.22 bits per heavy atom. The Labute approximate surface area is 61.3 Å². The average Bonchev–Trinajstić information content (AvgIpc) is 1.61. The molecule has 0 atom stereocenters. The van der Waals surface area contributed by atoms with Gasteiger partial charge >= 0.3 is 0 Å². The molecule has 58 valence electrons. The standard InChI is InChI=1S/C6H10.3CH4/c1-3-5-6-4-2;;;/h3-4,6H,1,5H2,2H3;3*1H4. The van der Waals surface area contributed by atoms with Crippen LogP contribution < -0.4 is 0 Å². The molecule has 0 N–H and O–H groups in total. The lowest BCUT2D eigenvalue weighted by Gasteiger charge is -1.69. The monoisotopic (exact) mass is 130 g/mol. The van der Waals surface area contributed by atoms with Gasteiger partial charge in [0.15, 0.2) is 0 Å². The van der Waals surface area contributed by atoms with Gasteiger partial charge in [-0.15, -0.1) is 6.58 Å². The van der Waals surface area contributed by atoms with Crippen molar-refractivity contribution in [2.45, 2.75) is 35.6 Å². The first-order chi connectivity index (χ1) is 2.91. The maximum absolute atomic E-state index is 3.55. The van der Waals surface area contributed by atoms with Gasteiger partial charge in [0.2, 0.25) is 0 Å². The van der Waals surface area contributed by atoms with E-state index in [0.717, 1.165) is 6.42 Å². The van der Waals surface area contributed by atoms with Gasteiger partial charge in [0.1, 0.15) is 0 Å². The van der Waals surface area contributed by atoms with E-state index in [1.807, 2.05) is 19.1 Å². The third-order valence-corrected chi connectivity index (χ3v) is 0.538. The van der Waals surface area contributed by atoms with Crippen molar-refractivity contribution in [2.24, 2.45) is 0 Å². The summed E-state index contributed by atoms with van der Waals surface area (Å²) in [6.45, 7) is 5.55. The molecule has 0 aromatic heterocycles. The van der Waals surface area contributed by atoms with Crippen molar-refractivity contribution in [1.29, 1.82) is 0 Å². The highest BCUT2D eigenvalue weighted by atomic mass is 13.6. The zero-order valence-electron chi connectivity index (χ0n) is 4.15. The molecule has 0 nitrogen and oxygen atoms in total. The second-order valence-corrected chi connectivity index (χ2v) is 1.09. The molecule has 0 rings (SSSR count). The quantitative estimate of drug-likeness (QED) is 0.495. The Morgan fingerprint density at radius 2 is 1.67 bits per heavy atom. The summed E-state index contributed by atoms with van der Waals surface area (Å²) in [6, 6.07) is 0. The van der Waals surface area contributed by atoms with Gasteiger partial charge in [-0.2, -0.15) is 0 Å². The van der Waals surface area contributed by atoms with Crippen LogP contribution in [0.1, 0.15) is 35.6 Å². The Kier molecular flexibility index (Phi) is 68.1. The van der Waals surface area contributed by atoms with Gasteiger partial charge in [-0.05, 0) is 13.3 Å². The van der Waals surface area contributed by atoms with Crippen LogP contribution in [0, 0.1) is 0 Å². The van der Waals surface area contributed by atoms with Crippen LogP contribution in [0.3, 0.4) is 0 Å². The normalized spacial score (nSPS) is 6.33. The molecule has 0 spiro atoms. The molecule has 0 fully saturated rings. The second kappa shape index (κ2) is 25.9. The van der Waals surface area contributed by atoms with E-state index in [4.69, 9.17) is 0 Å². The molecular formula is C9H22. The Morgan fingerprint density at radius 3 is 1.78 bits per heavy atom. The summed E-state index contributed by atoms with van der Waals surface area (Å²) in [5.41, 5.74) is 0. The topological polar surface area (TPSA) is 0 Å². The van der Waals surface area contributed by atoms with E-state index in [1.54, 1.807) is 0 Å². The first-order valence-corrected chi connectivity index (χ1v) is 2.14. The van der Waals surface area contributed by atoms with Gasteiger partial charge in [0.25, 0.3) is 0 Å². The first kappa shape index (κ1) is 23.6. The molecule has 9 heavy (non-hydrogen) atoms. The van der Waals surface area contributed by atoms with Crippen molar-refractivity contribution in [1.82, 2.24) is 0 Å². The summed E-state index contributed by atoms with van der Waals surface area (Å²) in [5.74, 6) is 0. The number of allylic oxidation sites excluding steroid dienone is 3. The molecule has 0 saturated heterocycles. The molecule has 0 radical (unpaired) electrons. The third-order valence-electron chi connectivity index (χ3n) is 0.538. The van der Waals surface area contributed by atoms with Gasteiger partial charge in [-0.3, -0.25) is 0 Å². The number of hydrogen-bond acceptors (Lipinski definition) is 0. The van der Waals surface area contributed by atoms with Crippen LogP contribution in [0.2, 0.25) is 0 Å². The molecule has 0 amide bonds. The van der Waals surface area contributed by atoms with Crippen LogP contribution in [0.4, 0.5) is 0 Å². The molecule has 0 heterocycles. The summed E-state index contributed by atoms with van der Waals surface area (Å²) >= 11 is 0. The van der Waals surface area contributed by atoms with Crippen molar-refractivity contribution in [3.63, 3.8) is 0 Å². The van der Waals surface area contributed by atoms with Crippen molar-refractivity contribution in [3.05, 3.63) is 24.8 Å². The summed E-state index contributed by atoms with van der Waals surface area (Å²) in [6.07, 6.45) is 6.95. The average molecular weight is 130 g/mol. The van der Waals surface area contributed by atoms with E-state index in [2.05, 4.69) is 12.7 Å². The highest BCUT2D eigenvalue weighted by Gasteiger charge is 1.57. The predicted octanol–water partition coefficient (Wildman–Crippen LogP) is 4.05. The molecule has 0 aliphatic heterocycles. The van der Waals surface area contributed by atoms with Gasteiger partial charge in [-0.25, -0.2) is 0 Å². The third kappa shape index (κ3) is 36.5. The van der Waals surface area contributed by atoms with Crippen molar-refractivity contribution in [3.8, 4) is 0 Å². The molecule has 0 aromatic carbocycles. The van der Waals surface area contributed by atoms with E-state index in [9.17, 15) is 0 Å². The van der Waals surface area contributed by atoms with Gasteiger partial charge in [0.05, 0.1) is 0 Å². The Balaban J connectivity index is -0.0000000417. The Bertz CT molecular complexity index is 51.1. The summed E-state index contributed by atoms with van der Waals surface area (Å²) < 4.78 is 0. The number of rotatable bonds is 2. The minimum Gasteiger partial charge on any atom is -0.103 e. The molecule has 0 heteroatoms. The van der Waals surface area contributed by atoms with Gasteiger partial charge in [-0.1, -0.05) is 40.5 Å². The lowest BCUT2D eigenvalue weighted by atomic mass is 10.4. The lowest BCUT2D eigenvalue weighted by Crippen LogP contribution is -1.48. The molecule has 0 saturated carbocycles. The lowest BCUT2D eigenvalue weighted by molar-refractivity contribution is 1.39. The Hall–Kier alpha value is -0.520. The zero-order valence-corrected chi connectivity index (χ0v) is 4.15. The SMILES string of the molecule is C.C.C.C=CCC=CC. The zero-order chi connectivity index (χ0) is 4.83. The van der Waals surface area contributed by atoms with Crippen LogP contribution in [-0.4, -0.2) is 0 Å². The molecule has 0 aliphatic rings. The van der Waals surface area contributed by atoms with E-state index >= 15 is 0 Å². The molecule has 0 unspecified atom stereocenters. The van der Waals surface area contributed by atoms with Gasteiger partial charge < -0.3 is 0 Å². The summed E-state index contributed by atoms with van der Waals surface area (Å²) in [7, 11) is 0. The van der Waals surface area contributed by atoms with Crippen LogP contribution >= 0.6 is 0 Å². The van der Waals surface area contributed by atoms with Crippen LogP contribution in [0.15, 0.2) is 24.8 Å². The van der Waals surface area contributed by atoms with Crippen molar-refractivity contribution >= 4 is 0 Å². The minimum absolute atomic E-state index is 0. The van der Waals surface area contributed by atoms with Crippen LogP contribution in [-0.2, 0) is 0 Å². The molecule has 0 aromatic rings. The maximum atomic E-state index is 3.55. The van der Waals surface area contributed by atoms with Gasteiger partial charge in [0, 0.05) is 0 Å². The molecule has 0 bridgehead atoms. The minimum atomic E-state index is 0.